The molecule has 7 heteroatoms. The van der Waals surface area contributed by atoms with Gasteiger partial charge < -0.3 is 15.6 Å². The first-order valence-electron chi connectivity index (χ1n) is 8.53. The lowest BCUT2D eigenvalue weighted by Gasteiger charge is -2.16. The molecule has 1 aliphatic carbocycles. The standard InChI is InChI=1S/C18H24N4O2.ClH/c1-12(20-16(23)11-14-8-5-9-15(14)19)18-21-17(24-22-18)10-13-6-3-2-4-7-13;/h2-4,6-7,12,14-15H,5,8-11,19H2,1H3,(H,20,23);1H/t12?,14-,15+;/m0./s1. The van der Waals surface area contributed by atoms with Crippen molar-refractivity contribution in [1.29, 1.82) is 0 Å². The zero-order valence-corrected chi connectivity index (χ0v) is 15.2. The molecule has 1 amide bonds. The van der Waals surface area contributed by atoms with Crippen LogP contribution in [0, 0.1) is 5.92 Å². The van der Waals surface area contributed by atoms with Gasteiger partial charge in [-0.15, -0.1) is 12.4 Å². The number of carbonyl (C=O) groups excluding carboxylic acids is 1. The second-order valence-corrected chi connectivity index (χ2v) is 6.56. The van der Waals surface area contributed by atoms with Crippen molar-refractivity contribution in [2.45, 2.75) is 51.1 Å². The Balaban J connectivity index is 0.00000225. The Hall–Kier alpha value is -1.92. The first-order chi connectivity index (χ1) is 11.6. The quantitative estimate of drug-likeness (QED) is 0.821. The van der Waals surface area contributed by atoms with E-state index in [-0.39, 0.29) is 36.3 Å². The van der Waals surface area contributed by atoms with E-state index < -0.39 is 0 Å². The highest BCUT2D eigenvalue weighted by atomic mass is 35.5. The summed E-state index contributed by atoms with van der Waals surface area (Å²) in [6, 6.07) is 9.82. The Morgan fingerprint density at radius 3 is 2.80 bits per heavy atom. The molecular weight excluding hydrogens is 340 g/mol. The molecule has 1 aliphatic rings. The molecule has 1 saturated carbocycles. The molecule has 1 heterocycles. The first kappa shape index (κ1) is 19.4. The van der Waals surface area contributed by atoms with Gasteiger partial charge in [-0.05, 0) is 31.2 Å². The Bertz CT molecular complexity index is 677. The van der Waals surface area contributed by atoms with Gasteiger partial charge in [0, 0.05) is 12.5 Å². The van der Waals surface area contributed by atoms with Crippen molar-refractivity contribution in [1.82, 2.24) is 15.5 Å². The number of nitrogens with one attached hydrogen (secondary N) is 1. The molecule has 3 rings (SSSR count). The lowest BCUT2D eigenvalue weighted by molar-refractivity contribution is -0.122. The molecule has 25 heavy (non-hydrogen) atoms. The minimum atomic E-state index is -0.275. The molecule has 1 aromatic heterocycles. The summed E-state index contributed by atoms with van der Waals surface area (Å²) in [5, 5.41) is 6.93. The molecule has 3 atom stereocenters. The van der Waals surface area contributed by atoms with Crippen molar-refractivity contribution in [3.63, 3.8) is 0 Å². The highest BCUT2D eigenvalue weighted by molar-refractivity contribution is 5.85. The predicted octanol–water partition coefficient (Wildman–Crippen LogP) is 2.78. The molecule has 1 unspecified atom stereocenters. The number of hydrogen-bond donors (Lipinski definition) is 2. The summed E-state index contributed by atoms with van der Waals surface area (Å²) >= 11 is 0. The molecule has 1 fully saturated rings. The maximum atomic E-state index is 12.2. The SMILES string of the molecule is CC(NC(=O)C[C@@H]1CCC[C@H]1N)c1noc(Cc2ccccc2)n1.Cl. The maximum absolute atomic E-state index is 12.2. The topological polar surface area (TPSA) is 94.0 Å². The smallest absolute Gasteiger partial charge is 0.231 e. The summed E-state index contributed by atoms with van der Waals surface area (Å²) in [4.78, 5) is 16.6. The van der Waals surface area contributed by atoms with E-state index in [1.165, 1.54) is 0 Å². The number of nitrogens with zero attached hydrogens (tertiary/aromatic N) is 2. The lowest BCUT2D eigenvalue weighted by atomic mass is 10.00. The van der Waals surface area contributed by atoms with Gasteiger partial charge in [-0.25, -0.2) is 0 Å². The Kier molecular flexibility index (Phi) is 6.96. The third-order valence-corrected chi connectivity index (χ3v) is 4.61. The van der Waals surface area contributed by atoms with Crippen LogP contribution in [0.2, 0.25) is 0 Å². The summed E-state index contributed by atoms with van der Waals surface area (Å²) in [7, 11) is 0. The second kappa shape index (κ2) is 8.97. The summed E-state index contributed by atoms with van der Waals surface area (Å²) in [5.74, 6) is 1.34. The van der Waals surface area contributed by atoms with E-state index in [0.717, 1.165) is 24.8 Å². The zero-order chi connectivity index (χ0) is 16.9. The van der Waals surface area contributed by atoms with E-state index >= 15 is 0 Å². The van der Waals surface area contributed by atoms with Crippen molar-refractivity contribution in [3.05, 3.63) is 47.6 Å². The Labute approximate surface area is 154 Å². The van der Waals surface area contributed by atoms with E-state index in [9.17, 15) is 4.79 Å². The van der Waals surface area contributed by atoms with Crippen LogP contribution in [-0.4, -0.2) is 22.1 Å². The van der Waals surface area contributed by atoms with Gasteiger partial charge in [0.15, 0.2) is 5.82 Å². The fraction of sp³-hybridized carbons (Fsp3) is 0.500. The molecule has 0 saturated heterocycles. The molecule has 0 bridgehead atoms. The van der Waals surface area contributed by atoms with Crippen molar-refractivity contribution in [2.24, 2.45) is 11.7 Å². The predicted molar refractivity (Wildman–Crippen MR) is 97.3 cm³/mol. The minimum Gasteiger partial charge on any atom is -0.346 e. The third kappa shape index (κ3) is 5.28. The number of amides is 1. The summed E-state index contributed by atoms with van der Waals surface area (Å²) in [6.07, 6.45) is 4.22. The lowest BCUT2D eigenvalue weighted by Crippen LogP contribution is -2.33. The number of aromatic nitrogens is 2. The van der Waals surface area contributed by atoms with Crippen LogP contribution < -0.4 is 11.1 Å². The fourth-order valence-electron chi connectivity index (χ4n) is 3.21. The van der Waals surface area contributed by atoms with Crippen LogP contribution in [0.5, 0.6) is 0 Å². The van der Waals surface area contributed by atoms with E-state index in [4.69, 9.17) is 10.3 Å². The third-order valence-electron chi connectivity index (χ3n) is 4.61. The van der Waals surface area contributed by atoms with E-state index in [1.54, 1.807) is 0 Å². The zero-order valence-electron chi connectivity index (χ0n) is 14.4. The summed E-state index contributed by atoms with van der Waals surface area (Å²) in [6.45, 7) is 1.86. The van der Waals surface area contributed by atoms with Crippen LogP contribution in [0.4, 0.5) is 0 Å². The fourth-order valence-corrected chi connectivity index (χ4v) is 3.21. The monoisotopic (exact) mass is 364 g/mol. The van der Waals surface area contributed by atoms with Gasteiger partial charge in [0.25, 0.3) is 0 Å². The molecule has 0 radical (unpaired) electrons. The van der Waals surface area contributed by atoms with Gasteiger partial charge in [-0.2, -0.15) is 4.98 Å². The normalized spacial score (nSPS) is 20.7. The molecule has 6 nitrogen and oxygen atoms in total. The van der Waals surface area contributed by atoms with Gasteiger partial charge in [0.2, 0.25) is 11.8 Å². The minimum absolute atomic E-state index is 0. The van der Waals surface area contributed by atoms with Crippen LogP contribution in [0.15, 0.2) is 34.9 Å². The molecule has 1 aromatic carbocycles. The van der Waals surface area contributed by atoms with E-state index in [0.29, 0.717) is 24.6 Å². The van der Waals surface area contributed by atoms with Crippen LogP contribution in [-0.2, 0) is 11.2 Å². The average molecular weight is 365 g/mol. The van der Waals surface area contributed by atoms with E-state index in [2.05, 4.69) is 15.5 Å². The van der Waals surface area contributed by atoms with Gasteiger partial charge in [-0.1, -0.05) is 41.9 Å². The average Bonchev–Trinajstić information content (AvgIpc) is 3.18. The Morgan fingerprint density at radius 1 is 1.36 bits per heavy atom. The van der Waals surface area contributed by atoms with Crippen molar-refractivity contribution >= 4 is 18.3 Å². The van der Waals surface area contributed by atoms with Gasteiger partial charge >= 0.3 is 0 Å². The van der Waals surface area contributed by atoms with Crippen molar-refractivity contribution < 1.29 is 9.32 Å². The van der Waals surface area contributed by atoms with Crippen LogP contribution >= 0.6 is 12.4 Å². The van der Waals surface area contributed by atoms with E-state index in [1.807, 2.05) is 37.3 Å². The van der Waals surface area contributed by atoms with Gasteiger partial charge in [0.05, 0.1) is 12.5 Å². The number of nitrogens with two attached hydrogens (primary N) is 1. The number of rotatable bonds is 6. The van der Waals surface area contributed by atoms with Crippen LogP contribution in [0.1, 0.15) is 55.9 Å². The van der Waals surface area contributed by atoms with Crippen molar-refractivity contribution in [3.8, 4) is 0 Å². The molecule has 136 valence electrons. The highest BCUT2D eigenvalue weighted by Gasteiger charge is 2.27. The number of benzene rings is 1. The van der Waals surface area contributed by atoms with Crippen LogP contribution in [0.25, 0.3) is 0 Å². The first-order valence-corrected chi connectivity index (χ1v) is 8.53. The van der Waals surface area contributed by atoms with Crippen LogP contribution in [0.3, 0.4) is 0 Å². The molecule has 2 aromatic rings. The molecular formula is C18H25ClN4O2. The molecule has 0 spiro atoms. The molecule has 3 N–H and O–H groups in total. The number of halogens is 1. The number of hydrogen-bond acceptors (Lipinski definition) is 5. The number of carbonyl (C=O) groups is 1. The summed E-state index contributed by atoms with van der Waals surface area (Å²) < 4.78 is 5.29. The summed E-state index contributed by atoms with van der Waals surface area (Å²) in [5.41, 5.74) is 7.14. The van der Waals surface area contributed by atoms with Gasteiger partial charge in [-0.3, -0.25) is 4.79 Å². The molecule has 0 aliphatic heterocycles. The Morgan fingerprint density at radius 2 is 2.12 bits per heavy atom. The van der Waals surface area contributed by atoms with Gasteiger partial charge in [0.1, 0.15) is 0 Å². The second-order valence-electron chi connectivity index (χ2n) is 6.56. The van der Waals surface area contributed by atoms with Crippen molar-refractivity contribution in [2.75, 3.05) is 0 Å². The maximum Gasteiger partial charge on any atom is 0.231 e. The highest BCUT2D eigenvalue weighted by Crippen LogP contribution is 2.26. The largest absolute Gasteiger partial charge is 0.346 e.